The number of halogens is 1. The van der Waals surface area contributed by atoms with Crippen LogP contribution in [0.2, 0.25) is 5.02 Å². The zero-order chi connectivity index (χ0) is 16.1. The first-order chi connectivity index (χ1) is 11.2. The van der Waals surface area contributed by atoms with E-state index < -0.39 is 0 Å². The summed E-state index contributed by atoms with van der Waals surface area (Å²) in [5, 5.41) is 5.79. The SMILES string of the molecule is CN(Cc1cccc(Nc2ncncc2Cl)c1)Cc1cscn1. The largest absolute Gasteiger partial charge is 0.339 e. The Bertz CT molecular complexity index is 763. The Labute approximate surface area is 144 Å². The molecule has 0 aliphatic rings. The lowest BCUT2D eigenvalue weighted by Crippen LogP contribution is -2.17. The number of hydrogen-bond donors (Lipinski definition) is 1. The van der Waals surface area contributed by atoms with Gasteiger partial charge < -0.3 is 5.32 Å². The quantitative estimate of drug-likeness (QED) is 0.732. The van der Waals surface area contributed by atoms with Crippen LogP contribution in [0.1, 0.15) is 11.3 Å². The molecule has 2 aromatic heterocycles. The molecule has 0 saturated carbocycles. The summed E-state index contributed by atoms with van der Waals surface area (Å²) in [5.41, 5.74) is 5.11. The van der Waals surface area contributed by atoms with Crippen LogP contribution in [0.3, 0.4) is 0 Å². The van der Waals surface area contributed by atoms with E-state index in [1.165, 1.54) is 11.9 Å². The van der Waals surface area contributed by atoms with E-state index in [1.807, 2.05) is 17.6 Å². The molecule has 0 fully saturated rings. The maximum atomic E-state index is 6.08. The van der Waals surface area contributed by atoms with Crippen LogP contribution in [0, 0.1) is 0 Å². The molecule has 7 heteroatoms. The van der Waals surface area contributed by atoms with Gasteiger partial charge in [-0.3, -0.25) is 4.90 Å². The standard InChI is InChI=1S/C16H16ClN5S/c1-22(8-14-9-23-11-20-14)7-12-3-2-4-13(5-12)21-16-15(17)6-18-10-19-16/h2-6,9-11H,7-8H2,1H3,(H,18,19,21). The van der Waals surface area contributed by atoms with Crippen molar-refractivity contribution in [1.82, 2.24) is 19.9 Å². The second-order valence-electron chi connectivity index (χ2n) is 5.20. The third-order valence-electron chi connectivity index (χ3n) is 3.23. The third-order valence-corrected chi connectivity index (χ3v) is 4.14. The fourth-order valence-electron chi connectivity index (χ4n) is 2.25. The van der Waals surface area contributed by atoms with Crippen molar-refractivity contribution < 1.29 is 0 Å². The monoisotopic (exact) mass is 345 g/mol. The molecule has 5 nitrogen and oxygen atoms in total. The summed E-state index contributed by atoms with van der Waals surface area (Å²) in [5.74, 6) is 0.606. The molecule has 0 aliphatic heterocycles. The van der Waals surface area contributed by atoms with E-state index >= 15 is 0 Å². The van der Waals surface area contributed by atoms with E-state index in [2.05, 4.69) is 49.7 Å². The molecule has 3 aromatic rings. The fourth-order valence-corrected chi connectivity index (χ4v) is 2.95. The first kappa shape index (κ1) is 15.9. The number of benzene rings is 1. The molecule has 3 rings (SSSR count). The van der Waals surface area contributed by atoms with Crippen LogP contribution in [0.4, 0.5) is 11.5 Å². The highest BCUT2D eigenvalue weighted by molar-refractivity contribution is 7.07. The zero-order valence-corrected chi connectivity index (χ0v) is 14.2. The van der Waals surface area contributed by atoms with Crippen molar-refractivity contribution in [2.45, 2.75) is 13.1 Å². The average Bonchev–Trinajstić information content (AvgIpc) is 3.03. The number of anilines is 2. The molecule has 0 atom stereocenters. The number of nitrogens with zero attached hydrogens (tertiary/aromatic N) is 4. The molecular weight excluding hydrogens is 330 g/mol. The van der Waals surface area contributed by atoms with Crippen molar-refractivity contribution in [3.8, 4) is 0 Å². The van der Waals surface area contributed by atoms with Crippen molar-refractivity contribution >= 4 is 34.4 Å². The Morgan fingerprint density at radius 2 is 2.17 bits per heavy atom. The highest BCUT2D eigenvalue weighted by atomic mass is 35.5. The zero-order valence-electron chi connectivity index (χ0n) is 12.6. The van der Waals surface area contributed by atoms with E-state index in [1.54, 1.807) is 17.5 Å². The van der Waals surface area contributed by atoms with Crippen LogP contribution < -0.4 is 5.32 Å². The van der Waals surface area contributed by atoms with Gasteiger partial charge in [-0.2, -0.15) is 0 Å². The Morgan fingerprint density at radius 1 is 1.26 bits per heavy atom. The van der Waals surface area contributed by atoms with E-state index in [-0.39, 0.29) is 0 Å². The third kappa shape index (κ3) is 4.48. The maximum Gasteiger partial charge on any atom is 0.152 e. The minimum atomic E-state index is 0.499. The van der Waals surface area contributed by atoms with Crippen LogP contribution in [0.25, 0.3) is 0 Å². The van der Waals surface area contributed by atoms with Gasteiger partial charge in [0, 0.05) is 24.2 Å². The lowest BCUT2D eigenvalue weighted by Gasteiger charge is -2.16. The molecule has 1 N–H and O–H groups in total. The summed E-state index contributed by atoms with van der Waals surface area (Å²) in [6.45, 7) is 1.67. The number of nitrogens with one attached hydrogen (secondary N) is 1. The Morgan fingerprint density at radius 3 is 2.96 bits per heavy atom. The minimum absolute atomic E-state index is 0.499. The van der Waals surface area contributed by atoms with Gasteiger partial charge in [0.25, 0.3) is 0 Å². The molecule has 0 bridgehead atoms. The van der Waals surface area contributed by atoms with E-state index in [4.69, 9.17) is 11.6 Å². The second kappa shape index (κ2) is 7.50. The van der Waals surface area contributed by atoms with Crippen LogP contribution in [-0.2, 0) is 13.1 Å². The average molecular weight is 346 g/mol. The molecule has 0 saturated heterocycles. The normalized spacial score (nSPS) is 10.9. The predicted octanol–water partition coefficient (Wildman–Crippen LogP) is 3.96. The van der Waals surface area contributed by atoms with Crippen molar-refractivity contribution in [1.29, 1.82) is 0 Å². The van der Waals surface area contributed by atoms with Crippen molar-refractivity contribution in [2.75, 3.05) is 12.4 Å². The van der Waals surface area contributed by atoms with E-state index in [0.29, 0.717) is 10.8 Å². The highest BCUT2D eigenvalue weighted by Gasteiger charge is 2.06. The first-order valence-corrected chi connectivity index (χ1v) is 8.40. The summed E-state index contributed by atoms with van der Waals surface area (Å²) >= 11 is 7.70. The van der Waals surface area contributed by atoms with Crippen molar-refractivity contribution in [2.24, 2.45) is 0 Å². The molecule has 23 heavy (non-hydrogen) atoms. The summed E-state index contributed by atoms with van der Waals surface area (Å²) in [7, 11) is 2.08. The summed E-state index contributed by atoms with van der Waals surface area (Å²) in [4.78, 5) is 14.6. The van der Waals surface area contributed by atoms with Crippen LogP contribution in [0.15, 0.2) is 47.7 Å². The lowest BCUT2D eigenvalue weighted by atomic mass is 10.2. The van der Waals surface area contributed by atoms with Gasteiger partial charge in [-0.05, 0) is 24.7 Å². The van der Waals surface area contributed by atoms with Crippen molar-refractivity contribution in [3.63, 3.8) is 0 Å². The van der Waals surface area contributed by atoms with Gasteiger partial charge in [0.15, 0.2) is 5.82 Å². The van der Waals surface area contributed by atoms with Gasteiger partial charge in [-0.15, -0.1) is 11.3 Å². The number of rotatable bonds is 6. The van der Waals surface area contributed by atoms with E-state index in [9.17, 15) is 0 Å². The molecule has 118 valence electrons. The van der Waals surface area contributed by atoms with Gasteiger partial charge in [0.05, 0.1) is 17.4 Å². The highest BCUT2D eigenvalue weighted by Crippen LogP contribution is 2.22. The molecule has 0 radical (unpaired) electrons. The fraction of sp³-hybridized carbons (Fsp3) is 0.188. The Kier molecular flexibility index (Phi) is 5.17. The molecule has 0 amide bonds. The molecule has 0 spiro atoms. The van der Waals surface area contributed by atoms with Crippen molar-refractivity contribution in [3.05, 3.63) is 64.0 Å². The number of hydrogen-bond acceptors (Lipinski definition) is 6. The predicted molar refractivity (Wildman–Crippen MR) is 94.1 cm³/mol. The smallest absolute Gasteiger partial charge is 0.152 e. The Hall–Kier alpha value is -2.02. The minimum Gasteiger partial charge on any atom is -0.339 e. The van der Waals surface area contributed by atoms with Crippen LogP contribution in [0.5, 0.6) is 0 Å². The topological polar surface area (TPSA) is 53.9 Å². The first-order valence-electron chi connectivity index (χ1n) is 7.08. The lowest BCUT2D eigenvalue weighted by molar-refractivity contribution is 0.316. The van der Waals surface area contributed by atoms with Crippen LogP contribution in [-0.4, -0.2) is 26.9 Å². The Balaban J connectivity index is 1.66. The maximum absolute atomic E-state index is 6.08. The second-order valence-corrected chi connectivity index (χ2v) is 6.32. The van der Waals surface area contributed by atoms with Gasteiger partial charge in [0.2, 0.25) is 0 Å². The number of aromatic nitrogens is 3. The molecule has 0 unspecified atom stereocenters. The summed E-state index contributed by atoms with van der Waals surface area (Å²) < 4.78 is 0. The van der Waals surface area contributed by atoms with Gasteiger partial charge in [-0.25, -0.2) is 15.0 Å². The van der Waals surface area contributed by atoms with Gasteiger partial charge in [-0.1, -0.05) is 23.7 Å². The molecule has 1 aromatic carbocycles. The molecule has 0 aliphatic carbocycles. The van der Waals surface area contributed by atoms with Crippen LogP contribution >= 0.6 is 22.9 Å². The van der Waals surface area contributed by atoms with Gasteiger partial charge in [0.1, 0.15) is 11.3 Å². The molecular formula is C16H16ClN5S. The van der Waals surface area contributed by atoms with E-state index in [0.717, 1.165) is 24.5 Å². The summed E-state index contributed by atoms with van der Waals surface area (Å²) in [6.07, 6.45) is 3.04. The number of thiazole rings is 1. The van der Waals surface area contributed by atoms with Gasteiger partial charge >= 0.3 is 0 Å². The molecule has 2 heterocycles. The summed E-state index contributed by atoms with van der Waals surface area (Å²) in [6, 6.07) is 8.20.